The van der Waals surface area contributed by atoms with Gasteiger partial charge in [-0.2, -0.15) is 4.31 Å². The van der Waals surface area contributed by atoms with Crippen molar-refractivity contribution < 1.29 is 22.6 Å². The lowest BCUT2D eigenvalue weighted by Gasteiger charge is -2.42. The molecular weight excluding hydrogens is 306 g/mol. The number of rotatable bonds is 2. The molecule has 1 saturated heterocycles. The van der Waals surface area contributed by atoms with Crippen LogP contribution in [0.3, 0.4) is 0 Å². The molecule has 1 aromatic carbocycles. The van der Waals surface area contributed by atoms with Gasteiger partial charge in [-0.05, 0) is 25.0 Å². The van der Waals surface area contributed by atoms with Gasteiger partial charge in [0.2, 0.25) is 16.8 Å². The van der Waals surface area contributed by atoms with Crippen LogP contribution in [0.1, 0.15) is 25.7 Å². The second-order valence-corrected chi connectivity index (χ2v) is 7.78. The minimum atomic E-state index is -3.54. The molecule has 120 valence electrons. The van der Waals surface area contributed by atoms with Gasteiger partial charge < -0.3 is 14.2 Å². The molecule has 1 saturated carbocycles. The highest BCUT2D eigenvalue weighted by molar-refractivity contribution is 7.89. The van der Waals surface area contributed by atoms with Crippen LogP contribution in [0.4, 0.5) is 0 Å². The molecule has 6 nitrogen and oxygen atoms in total. The summed E-state index contributed by atoms with van der Waals surface area (Å²) < 4.78 is 44.0. The average molecular weight is 325 g/mol. The monoisotopic (exact) mass is 325 g/mol. The van der Waals surface area contributed by atoms with E-state index in [2.05, 4.69) is 0 Å². The van der Waals surface area contributed by atoms with Gasteiger partial charge in [0.15, 0.2) is 11.5 Å². The Labute approximate surface area is 130 Å². The third-order valence-corrected chi connectivity index (χ3v) is 6.55. The van der Waals surface area contributed by atoms with E-state index in [0.29, 0.717) is 24.7 Å². The van der Waals surface area contributed by atoms with Crippen LogP contribution in [0.2, 0.25) is 0 Å². The second-order valence-electron chi connectivity index (χ2n) is 5.89. The van der Waals surface area contributed by atoms with Gasteiger partial charge in [0.1, 0.15) is 0 Å². The van der Waals surface area contributed by atoms with E-state index in [1.807, 2.05) is 0 Å². The Balaban J connectivity index is 1.67. The van der Waals surface area contributed by atoms with Gasteiger partial charge in [-0.25, -0.2) is 8.42 Å². The molecule has 0 N–H and O–H groups in total. The van der Waals surface area contributed by atoms with Gasteiger partial charge in [0, 0.05) is 12.6 Å². The van der Waals surface area contributed by atoms with Gasteiger partial charge in [-0.1, -0.05) is 12.8 Å². The van der Waals surface area contributed by atoms with Crippen molar-refractivity contribution in [2.24, 2.45) is 0 Å². The SMILES string of the molecule is O=S(=O)(c1ccc2c(c1)OCO2)N1CCO[C@@H]2CCCC[C@@H]21. The van der Waals surface area contributed by atoms with Gasteiger partial charge in [0.05, 0.1) is 23.6 Å². The van der Waals surface area contributed by atoms with E-state index in [-0.39, 0.29) is 23.8 Å². The van der Waals surface area contributed by atoms with Gasteiger partial charge in [0.25, 0.3) is 0 Å². The second kappa shape index (κ2) is 5.40. The Hall–Kier alpha value is -1.31. The first kappa shape index (κ1) is 14.3. The molecule has 7 heteroatoms. The highest BCUT2D eigenvalue weighted by Crippen LogP contribution is 2.37. The lowest BCUT2D eigenvalue weighted by Crippen LogP contribution is -2.54. The number of sulfonamides is 1. The van der Waals surface area contributed by atoms with Crippen molar-refractivity contribution in [2.75, 3.05) is 19.9 Å². The topological polar surface area (TPSA) is 65.1 Å². The van der Waals surface area contributed by atoms with Crippen LogP contribution >= 0.6 is 0 Å². The number of morpholine rings is 1. The third kappa shape index (κ3) is 2.28. The molecule has 2 atom stereocenters. The van der Waals surface area contributed by atoms with Crippen molar-refractivity contribution in [2.45, 2.75) is 42.7 Å². The zero-order valence-corrected chi connectivity index (χ0v) is 13.0. The third-order valence-electron chi connectivity index (χ3n) is 4.63. The minimum absolute atomic E-state index is 0.0336. The van der Waals surface area contributed by atoms with Crippen LogP contribution < -0.4 is 9.47 Å². The van der Waals surface area contributed by atoms with Crippen LogP contribution in [0.25, 0.3) is 0 Å². The molecule has 0 spiro atoms. The summed E-state index contributed by atoms with van der Waals surface area (Å²) in [7, 11) is -3.54. The fourth-order valence-electron chi connectivity index (χ4n) is 3.53. The summed E-state index contributed by atoms with van der Waals surface area (Å²) in [5.41, 5.74) is 0. The summed E-state index contributed by atoms with van der Waals surface area (Å²) >= 11 is 0. The number of hydrogen-bond donors (Lipinski definition) is 0. The van der Waals surface area contributed by atoms with E-state index >= 15 is 0 Å². The summed E-state index contributed by atoms with van der Waals surface area (Å²) in [5, 5.41) is 0. The maximum absolute atomic E-state index is 13.0. The van der Waals surface area contributed by atoms with Crippen molar-refractivity contribution in [1.82, 2.24) is 4.31 Å². The lowest BCUT2D eigenvalue weighted by molar-refractivity contribution is -0.0586. The summed E-state index contributed by atoms with van der Waals surface area (Å²) in [4.78, 5) is 0.267. The molecular formula is C15H19NO5S. The van der Waals surface area contributed by atoms with Crippen molar-refractivity contribution in [1.29, 1.82) is 0 Å². The largest absolute Gasteiger partial charge is 0.454 e. The van der Waals surface area contributed by atoms with Crippen LogP contribution in [0.5, 0.6) is 11.5 Å². The molecule has 4 rings (SSSR count). The molecule has 0 radical (unpaired) electrons. The molecule has 1 aliphatic carbocycles. The first-order valence-corrected chi connectivity index (χ1v) is 9.13. The number of nitrogens with zero attached hydrogens (tertiary/aromatic N) is 1. The quantitative estimate of drug-likeness (QED) is 0.829. The van der Waals surface area contributed by atoms with E-state index in [1.54, 1.807) is 22.5 Å². The van der Waals surface area contributed by atoms with E-state index in [9.17, 15) is 8.42 Å². The maximum Gasteiger partial charge on any atom is 0.243 e. The van der Waals surface area contributed by atoms with Crippen LogP contribution in [0.15, 0.2) is 23.1 Å². The molecule has 0 aromatic heterocycles. The standard InChI is InChI=1S/C15H19NO5S/c17-22(18,11-5-6-14-15(9-11)21-10-20-14)16-7-8-19-13-4-2-1-3-12(13)16/h5-6,9,12-13H,1-4,7-8,10H2/t12-,13+/m0/s1. The molecule has 2 aliphatic heterocycles. The van der Waals surface area contributed by atoms with Crippen molar-refractivity contribution >= 4 is 10.0 Å². The molecule has 2 heterocycles. The first-order valence-electron chi connectivity index (χ1n) is 7.69. The normalized spacial score (nSPS) is 28.4. The Morgan fingerprint density at radius 2 is 1.91 bits per heavy atom. The lowest BCUT2D eigenvalue weighted by atomic mass is 9.91. The molecule has 3 aliphatic rings. The average Bonchev–Trinajstić information content (AvgIpc) is 3.02. The summed E-state index contributed by atoms with van der Waals surface area (Å²) in [6, 6.07) is 4.77. The number of hydrogen-bond acceptors (Lipinski definition) is 5. The number of fused-ring (bicyclic) bond motifs is 2. The molecule has 0 amide bonds. The van der Waals surface area contributed by atoms with Crippen LogP contribution in [0, 0.1) is 0 Å². The zero-order valence-electron chi connectivity index (χ0n) is 12.2. The summed E-state index contributed by atoms with van der Waals surface area (Å²) in [5.74, 6) is 1.09. The Kier molecular flexibility index (Phi) is 3.51. The van der Waals surface area contributed by atoms with Crippen molar-refractivity contribution in [3.63, 3.8) is 0 Å². The molecule has 22 heavy (non-hydrogen) atoms. The van der Waals surface area contributed by atoms with Gasteiger partial charge >= 0.3 is 0 Å². The molecule has 1 aromatic rings. The van der Waals surface area contributed by atoms with Crippen LogP contribution in [-0.4, -0.2) is 44.8 Å². The Morgan fingerprint density at radius 1 is 1.09 bits per heavy atom. The maximum atomic E-state index is 13.0. The first-order chi connectivity index (χ1) is 10.7. The Bertz CT molecular complexity index is 673. The van der Waals surface area contributed by atoms with Crippen molar-refractivity contribution in [3.8, 4) is 11.5 Å². The smallest absolute Gasteiger partial charge is 0.243 e. The summed E-state index contributed by atoms with van der Waals surface area (Å²) in [6.07, 6.45) is 4.01. The highest BCUT2D eigenvalue weighted by atomic mass is 32.2. The fourth-order valence-corrected chi connectivity index (χ4v) is 5.21. The van der Waals surface area contributed by atoms with Crippen LogP contribution in [-0.2, 0) is 14.8 Å². The predicted octanol–water partition coefficient (Wildman–Crippen LogP) is 1.75. The highest BCUT2D eigenvalue weighted by Gasteiger charge is 2.41. The molecule has 2 fully saturated rings. The molecule has 0 unspecified atom stereocenters. The fraction of sp³-hybridized carbons (Fsp3) is 0.600. The molecule has 0 bridgehead atoms. The predicted molar refractivity (Wildman–Crippen MR) is 78.5 cm³/mol. The number of benzene rings is 1. The van der Waals surface area contributed by atoms with Crippen molar-refractivity contribution in [3.05, 3.63) is 18.2 Å². The summed E-state index contributed by atoms with van der Waals surface area (Å²) in [6.45, 7) is 1.02. The Morgan fingerprint density at radius 3 is 2.82 bits per heavy atom. The number of ether oxygens (including phenoxy) is 3. The van der Waals surface area contributed by atoms with E-state index in [4.69, 9.17) is 14.2 Å². The van der Waals surface area contributed by atoms with E-state index < -0.39 is 10.0 Å². The zero-order chi connectivity index (χ0) is 15.2. The minimum Gasteiger partial charge on any atom is -0.454 e. The van der Waals surface area contributed by atoms with E-state index in [0.717, 1.165) is 25.7 Å². The van der Waals surface area contributed by atoms with E-state index in [1.165, 1.54) is 0 Å². The van der Waals surface area contributed by atoms with Gasteiger partial charge in [-0.15, -0.1) is 0 Å². The van der Waals surface area contributed by atoms with Gasteiger partial charge in [-0.3, -0.25) is 0 Å².